The predicted octanol–water partition coefficient (Wildman–Crippen LogP) is 2.34. The van der Waals surface area contributed by atoms with Gasteiger partial charge < -0.3 is 14.7 Å². The molecule has 0 bridgehead atoms. The van der Waals surface area contributed by atoms with Gasteiger partial charge in [0.15, 0.2) is 0 Å². The molecule has 1 amide bonds. The van der Waals surface area contributed by atoms with Crippen molar-refractivity contribution < 1.29 is 19.4 Å². The Morgan fingerprint density at radius 3 is 2.81 bits per heavy atom. The van der Waals surface area contributed by atoms with Crippen LogP contribution in [-0.2, 0) is 9.53 Å². The summed E-state index contributed by atoms with van der Waals surface area (Å²) in [5.41, 5.74) is 0.673. The minimum absolute atomic E-state index is 0.00842. The van der Waals surface area contributed by atoms with E-state index in [0.717, 1.165) is 38.6 Å². The van der Waals surface area contributed by atoms with Crippen LogP contribution in [0.2, 0.25) is 0 Å². The van der Waals surface area contributed by atoms with Gasteiger partial charge in [0.25, 0.3) is 5.91 Å². The molecule has 0 saturated carbocycles. The van der Waals surface area contributed by atoms with Crippen LogP contribution in [0.15, 0.2) is 17.5 Å². The highest BCUT2D eigenvalue weighted by atomic mass is 32.1. The number of likely N-dealkylation sites (tertiary alicyclic amines) is 1. The van der Waals surface area contributed by atoms with E-state index in [4.69, 9.17) is 9.84 Å². The van der Waals surface area contributed by atoms with Crippen molar-refractivity contribution >= 4 is 29.3 Å². The van der Waals surface area contributed by atoms with E-state index >= 15 is 0 Å². The first-order valence-electron chi connectivity index (χ1n) is 6.88. The van der Waals surface area contributed by atoms with E-state index < -0.39 is 5.97 Å². The fraction of sp³-hybridized carbons (Fsp3) is 0.467. The maximum Gasteiger partial charge on any atom is 0.328 e. The number of nitrogens with zero attached hydrogens (tertiary/aromatic N) is 1. The average Bonchev–Trinajstić information content (AvgIpc) is 2.94. The Labute approximate surface area is 127 Å². The Bertz CT molecular complexity index is 530. The molecule has 1 aromatic heterocycles. The van der Waals surface area contributed by atoms with E-state index in [1.807, 2.05) is 10.3 Å². The molecular weight excluding hydrogens is 290 g/mol. The summed E-state index contributed by atoms with van der Waals surface area (Å²) in [6, 6.07) is 1.77. The van der Waals surface area contributed by atoms with Crippen LogP contribution in [0.5, 0.6) is 0 Å². The van der Waals surface area contributed by atoms with E-state index in [-0.39, 0.29) is 5.91 Å². The quantitative estimate of drug-likeness (QED) is 0.848. The molecule has 1 aliphatic rings. The molecule has 0 aliphatic carbocycles. The molecule has 2 heterocycles. The summed E-state index contributed by atoms with van der Waals surface area (Å²) < 4.78 is 5.16. The predicted molar refractivity (Wildman–Crippen MR) is 81.5 cm³/mol. The molecule has 114 valence electrons. The summed E-state index contributed by atoms with van der Waals surface area (Å²) in [6.07, 6.45) is 4.43. The zero-order chi connectivity index (χ0) is 15.2. The normalized spacial score (nSPS) is 16.5. The number of thiophene rings is 1. The number of rotatable bonds is 5. The summed E-state index contributed by atoms with van der Waals surface area (Å²) in [5, 5.41) is 10.5. The van der Waals surface area contributed by atoms with Crippen LogP contribution in [0.4, 0.5) is 0 Å². The molecule has 1 saturated heterocycles. The SMILES string of the molecule is COCC1CCN(C(=O)c2sccc2C=CC(=O)O)CC1. The topological polar surface area (TPSA) is 66.8 Å². The van der Waals surface area contributed by atoms with E-state index in [2.05, 4.69) is 0 Å². The lowest BCUT2D eigenvalue weighted by Crippen LogP contribution is -2.39. The van der Waals surface area contributed by atoms with Gasteiger partial charge >= 0.3 is 5.97 Å². The van der Waals surface area contributed by atoms with E-state index in [1.54, 1.807) is 13.2 Å². The van der Waals surface area contributed by atoms with Crippen molar-refractivity contribution in [2.75, 3.05) is 26.8 Å². The zero-order valence-corrected chi connectivity index (χ0v) is 12.8. The number of carboxylic acid groups (broad SMARTS) is 1. The average molecular weight is 309 g/mol. The summed E-state index contributed by atoms with van der Waals surface area (Å²) in [6.45, 7) is 2.20. The molecule has 6 heteroatoms. The molecule has 0 atom stereocenters. The summed E-state index contributed by atoms with van der Waals surface area (Å²) >= 11 is 1.35. The van der Waals surface area contributed by atoms with Crippen LogP contribution in [-0.4, -0.2) is 48.7 Å². The highest BCUT2D eigenvalue weighted by Crippen LogP contribution is 2.24. The Morgan fingerprint density at radius 1 is 1.48 bits per heavy atom. The van der Waals surface area contributed by atoms with Crippen molar-refractivity contribution in [1.29, 1.82) is 0 Å². The number of hydrogen-bond donors (Lipinski definition) is 1. The first kappa shape index (κ1) is 15.7. The molecular formula is C15H19NO4S. The van der Waals surface area contributed by atoms with Gasteiger partial charge in [0.2, 0.25) is 0 Å². The van der Waals surface area contributed by atoms with Crippen LogP contribution in [0, 0.1) is 5.92 Å². The lowest BCUT2D eigenvalue weighted by atomic mass is 9.97. The Hall–Kier alpha value is -1.66. The van der Waals surface area contributed by atoms with Crippen LogP contribution >= 0.6 is 11.3 Å². The largest absolute Gasteiger partial charge is 0.478 e. The number of carboxylic acids is 1. The second-order valence-corrected chi connectivity index (χ2v) is 5.98. The lowest BCUT2D eigenvalue weighted by molar-refractivity contribution is -0.131. The zero-order valence-electron chi connectivity index (χ0n) is 11.9. The van der Waals surface area contributed by atoms with Gasteiger partial charge in [-0.1, -0.05) is 0 Å². The minimum Gasteiger partial charge on any atom is -0.478 e. The van der Waals surface area contributed by atoms with E-state index in [9.17, 15) is 9.59 Å². The minimum atomic E-state index is -1.01. The fourth-order valence-electron chi connectivity index (χ4n) is 2.47. The van der Waals surface area contributed by atoms with Gasteiger partial charge in [-0.25, -0.2) is 4.79 Å². The van der Waals surface area contributed by atoms with Gasteiger partial charge in [-0.2, -0.15) is 0 Å². The van der Waals surface area contributed by atoms with Gasteiger partial charge in [0.05, 0.1) is 4.88 Å². The summed E-state index contributed by atoms with van der Waals surface area (Å²) in [4.78, 5) is 25.6. The highest BCUT2D eigenvalue weighted by molar-refractivity contribution is 7.12. The molecule has 0 spiro atoms. The standard InChI is InChI=1S/C15H19NO4S/c1-20-10-11-4-7-16(8-5-11)15(19)14-12(6-9-21-14)2-3-13(17)18/h2-3,6,9,11H,4-5,7-8,10H2,1H3,(H,17,18). The molecule has 1 aliphatic heterocycles. The monoisotopic (exact) mass is 309 g/mol. The van der Waals surface area contributed by atoms with Crippen molar-refractivity contribution in [2.45, 2.75) is 12.8 Å². The second kappa shape index (κ2) is 7.38. The fourth-order valence-corrected chi connectivity index (χ4v) is 3.32. The van der Waals surface area contributed by atoms with Crippen molar-refractivity contribution in [3.63, 3.8) is 0 Å². The first-order valence-corrected chi connectivity index (χ1v) is 7.76. The van der Waals surface area contributed by atoms with E-state index in [1.165, 1.54) is 17.4 Å². The molecule has 0 aromatic carbocycles. The number of hydrogen-bond acceptors (Lipinski definition) is 4. The first-order chi connectivity index (χ1) is 10.1. The summed E-state index contributed by atoms with van der Waals surface area (Å²) in [5.74, 6) is -0.500. The summed E-state index contributed by atoms with van der Waals surface area (Å²) in [7, 11) is 1.70. The smallest absolute Gasteiger partial charge is 0.328 e. The third-order valence-corrected chi connectivity index (χ3v) is 4.52. The molecule has 2 rings (SSSR count). The maximum absolute atomic E-state index is 12.5. The van der Waals surface area contributed by atoms with Gasteiger partial charge in [0, 0.05) is 32.9 Å². The number of amides is 1. The lowest BCUT2D eigenvalue weighted by Gasteiger charge is -2.31. The third kappa shape index (κ3) is 4.15. The Morgan fingerprint density at radius 2 is 2.19 bits per heavy atom. The van der Waals surface area contributed by atoms with Crippen molar-refractivity contribution in [3.8, 4) is 0 Å². The van der Waals surface area contributed by atoms with Crippen molar-refractivity contribution in [3.05, 3.63) is 28.0 Å². The number of aliphatic carboxylic acids is 1. The maximum atomic E-state index is 12.5. The van der Waals surface area contributed by atoms with Gasteiger partial charge in [-0.15, -0.1) is 11.3 Å². The van der Waals surface area contributed by atoms with Crippen LogP contribution in [0.25, 0.3) is 6.08 Å². The highest BCUT2D eigenvalue weighted by Gasteiger charge is 2.25. The molecule has 1 aromatic rings. The molecule has 1 fully saturated rings. The molecule has 0 unspecified atom stereocenters. The number of ether oxygens (including phenoxy) is 1. The Kier molecular flexibility index (Phi) is 5.52. The van der Waals surface area contributed by atoms with Crippen molar-refractivity contribution in [2.24, 2.45) is 5.92 Å². The van der Waals surface area contributed by atoms with Crippen LogP contribution in [0.1, 0.15) is 28.1 Å². The third-order valence-electron chi connectivity index (χ3n) is 3.60. The molecule has 5 nitrogen and oxygen atoms in total. The van der Waals surface area contributed by atoms with Gasteiger partial charge in [-0.05, 0) is 41.8 Å². The molecule has 1 N–H and O–H groups in total. The Balaban J connectivity index is 2.01. The van der Waals surface area contributed by atoms with Crippen LogP contribution < -0.4 is 0 Å². The van der Waals surface area contributed by atoms with Gasteiger partial charge in [0.1, 0.15) is 0 Å². The number of carbonyl (C=O) groups is 2. The number of piperidine rings is 1. The van der Waals surface area contributed by atoms with E-state index in [0.29, 0.717) is 16.4 Å². The molecule has 0 radical (unpaired) electrons. The molecule has 21 heavy (non-hydrogen) atoms. The van der Waals surface area contributed by atoms with Gasteiger partial charge in [-0.3, -0.25) is 4.79 Å². The van der Waals surface area contributed by atoms with Crippen LogP contribution in [0.3, 0.4) is 0 Å². The van der Waals surface area contributed by atoms with Crippen molar-refractivity contribution in [1.82, 2.24) is 4.90 Å². The number of carbonyl (C=O) groups excluding carboxylic acids is 1. The number of methoxy groups -OCH3 is 1. The second-order valence-electron chi connectivity index (χ2n) is 5.07.